The third kappa shape index (κ3) is 4.74. The van der Waals surface area contributed by atoms with Crippen LogP contribution in [0.15, 0.2) is 10.5 Å². The van der Waals surface area contributed by atoms with Gasteiger partial charge in [-0.25, -0.2) is 4.79 Å². The van der Waals surface area contributed by atoms with Crippen LogP contribution in [0, 0.1) is 13.8 Å². The van der Waals surface area contributed by atoms with Gasteiger partial charge in [-0.05, 0) is 64.5 Å². The van der Waals surface area contributed by atoms with E-state index in [0.29, 0.717) is 15.7 Å². The lowest BCUT2D eigenvalue weighted by Crippen LogP contribution is -2.17. The van der Waals surface area contributed by atoms with Crippen molar-refractivity contribution in [3.8, 4) is 11.4 Å². The Hall–Kier alpha value is -2.17. The second-order valence-electron chi connectivity index (χ2n) is 8.34. The van der Waals surface area contributed by atoms with Crippen LogP contribution in [-0.2, 0) is 22.4 Å². The number of anilines is 1. The second-order valence-corrected chi connectivity index (χ2v) is 11.5. The SMILES string of the molecule is COC(=O)c1c(NC(=O)CSc2nnc(-c3csc(C)c3C)n2C(C)C)sc2c1CCCC2. The molecule has 0 bridgehead atoms. The Balaban J connectivity index is 1.52. The molecule has 0 atom stereocenters. The van der Waals surface area contributed by atoms with Gasteiger partial charge in [-0.1, -0.05) is 11.8 Å². The summed E-state index contributed by atoms with van der Waals surface area (Å²) in [5.74, 6) is 0.443. The highest BCUT2D eigenvalue weighted by Gasteiger charge is 2.27. The van der Waals surface area contributed by atoms with Crippen molar-refractivity contribution in [1.82, 2.24) is 14.8 Å². The average molecular weight is 505 g/mol. The van der Waals surface area contributed by atoms with Gasteiger partial charge in [0.05, 0.1) is 18.4 Å². The number of rotatable bonds is 7. The molecule has 1 aliphatic carbocycles. The number of thiophene rings is 2. The van der Waals surface area contributed by atoms with Gasteiger partial charge in [-0.15, -0.1) is 32.9 Å². The van der Waals surface area contributed by atoms with Gasteiger partial charge in [0.15, 0.2) is 11.0 Å². The summed E-state index contributed by atoms with van der Waals surface area (Å²) in [5, 5.41) is 15.2. The van der Waals surface area contributed by atoms with E-state index in [1.807, 2.05) is 0 Å². The highest BCUT2D eigenvalue weighted by atomic mass is 32.2. The van der Waals surface area contributed by atoms with E-state index in [-0.39, 0.29) is 23.7 Å². The number of esters is 1. The third-order valence-electron chi connectivity index (χ3n) is 5.85. The highest BCUT2D eigenvalue weighted by molar-refractivity contribution is 7.99. The molecule has 0 aromatic carbocycles. The van der Waals surface area contributed by atoms with Crippen LogP contribution >= 0.6 is 34.4 Å². The topological polar surface area (TPSA) is 86.1 Å². The molecule has 7 nitrogen and oxygen atoms in total. The molecule has 3 aromatic rings. The molecule has 3 heterocycles. The fraction of sp³-hybridized carbons (Fsp3) is 0.478. The second kappa shape index (κ2) is 9.99. The van der Waals surface area contributed by atoms with Gasteiger partial charge < -0.3 is 10.1 Å². The number of fused-ring (bicyclic) bond motifs is 1. The molecule has 0 spiro atoms. The van der Waals surface area contributed by atoms with E-state index in [1.54, 1.807) is 11.3 Å². The van der Waals surface area contributed by atoms with Gasteiger partial charge >= 0.3 is 5.97 Å². The number of nitrogens with zero attached hydrogens (tertiary/aromatic N) is 3. The monoisotopic (exact) mass is 504 g/mol. The fourth-order valence-corrected chi connectivity index (χ4v) is 7.05. The molecule has 1 amide bonds. The summed E-state index contributed by atoms with van der Waals surface area (Å²) in [7, 11) is 1.38. The number of aryl methyl sites for hydroxylation is 2. The number of ether oxygens (including phenoxy) is 1. The molecular formula is C23H28N4O3S3. The lowest BCUT2D eigenvalue weighted by molar-refractivity contribution is -0.113. The number of aromatic nitrogens is 3. The van der Waals surface area contributed by atoms with Crippen molar-refractivity contribution in [1.29, 1.82) is 0 Å². The van der Waals surface area contributed by atoms with Crippen molar-refractivity contribution >= 4 is 51.3 Å². The van der Waals surface area contributed by atoms with Crippen molar-refractivity contribution in [2.75, 3.05) is 18.2 Å². The maximum atomic E-state index is 12.8. The molecule has 0 aliphatic heterocycles. The van der Waals surface area contributed by atoms with Crippen molar-refractivity contribution in [3.05, 3.63) is 31.8 Å². The van der Waals surface area contributed by atoms with Crippen LogP contribution in [0.4, 0.5) is 5.00 Å². The van der Waals surface area contributed by atoms with Crippen LogP contribution in [0.3, 0.4) is 0 Å². The standard InChI is InChI=1S/C23H28N4O3S3/c1-12(2)27-20(16-10-31-14(4)13(16)3)25-26-23(27)32-11-18(28)24-21-19(22(29)30-5)15-8-6-7-9-17(15)33-21/h10,12H,6-9,11H2,1-5H3,(H,24,28). The molecule has 0 fully saturated rings. The minimum atomic E-state index is -0.386. The molecule has 1 N–H and O–H groups in total. The Labute approximate surface area is 206 Å². The van der Waals surface area contributed by atoms with Crippen LogP contribution in [0.2, 0.25) is 0 Å². The summed E-state index contributed by atoms with van der Waals surface area (Å²) >= 11 is 4.55. The first-order valence-corrected chi connectivity index (χ1v) is 13.6. The van der Waals surface area contributed by atoms with Gasteiger partial charge in [0.1, 0.15) is 5.00 Å². The first-order chi connectivity index (χ1) is 15.8. The van der Waals surface area contributed by atoms with Crippen molar-refractivity contribution in [2.24, 2.45) is 0 Å². The van der Waals surface area contributed by atoms with Crippen molar-refractivity contribution < 1.29 is 14.3 Å². The van der Waals surface area contributed by atoms with Crippen LogP contribution in [-0.4, -0.2) is 39.5 Å². The lowest BCUT2D eigenvalue weighted by Gasteiger charge is -2.14. The molecule has 0 saturated heterocycles. The zero-order valence-electron chi connectivity index (χ0n) is 19.5. The van der Waals surface area contributed by atoms with Crippen LogP contribution in [0.25, 0.3) is 11.4 Å². The Morgan fingerprint density at radius 2 is 2.00 bits per heavy atom. The minimum Gasteiger partial charge on any atom is -0.465 e. The Morgan fingerprint density at radius 3 is 2.67 bits per heavy atom. The zero-order chi connectivity index (χ0) is 23.7. The number of hydrogen-bond donors (Lipinski definition) is 1. The van der Waals surface area contributed by atoms with Gasteiger partial charge in [-0.2, -0.15) is 0 Å². The number of carbonyl (C=O) groups excluding carboxylic acids is 2. The lowest BCUT2D eigenvalue weighted by atomic mass is 9.95. The fourth-order valence-electron chi connectivity index (χ4n) is 4.02. The van der Waals surface area contributed by atoms with Gasteiger partial charge in [-0.3, -0.25) is 9.36 Å². The largest absolute Gasteiger partial charge is 0.465 e. The zero-order valence-corrected chi connectivity index (χ0v) is 21.9. The van der Waals surface area contributed by atoms with Gasteiger partial charge in [0, 0.05) is 26.7 Å². The number of methoxy groups -OCH3 is 1. The molecular weight excluding hydrogens is 476 g/mol. The Bertz CT molecular complexity index is 1190. The first kappa shape index (κ1) is 24.0. The van der Waals surface area contributed by atoms with Crippen LogP contribution in [0.1, 0.15) is 64.0 Å². The molecule has 10 heteroatoms. The molecule has 33 heavy (non-hydrogen) atoms. The highest BCUT2D eigenvalue weighted by Crippen LogP contribution is 2.39. The Morgan fingerprint density at radius 1 is 1.24 bits per heavy atom. The quantitative estimate of drug-likeness (QED) is 0.330. The third-order valence-corrected chi connectivity index (χ3v) is 9.02. The number of hydrogen-bond acceptors (Lipinski definition) is 8. The predicted molar refractivity (Wildman–Crippen MR) is 135 cm³/mol. The molecule has 0 unspecified atom stereocenters. The maximum absolute atomic E-state index is 12.8. The number of amides is 1. The van der Waals surface area contributed by atoms with E-state index in [9.17, 15) is 9.59 Å². The van der Waals surface area contributed by atoms with E-state index in [1.165, 1.54) is 45.5 Å². The summed E-state index contributed by atoms with van der Waals surface area (Å²) in [5.41, 5.74) is 3.85. The molecule has 3 aromatic heterocycles. The van der Waals surface area contributed by atoms with Gasteiger partial charge in [0.25, 0.3) is 0 Å². The summed E-state index contributed by atoms with van der Waals surface area (Å²) in [6.07, 6.45) is 3.94. The molecule has 0 saturated carbocycles. The summed E-state index contributed by atoms with van der Waals surface area (Å²) in [6, 6.07) is 0.148. The van der Waals surface area contributed by atoms with Crippen LogP contribution < -0.4 is 5.32 Å². The van der Waals surface area contributed by atoms with E-state index in [0.717, 1.165) is 42.6 Å². The maximum Gasteiger partial charge on any atom is 0.341 e. The number of nitrogens with one attached hydrogen (secondary N) is 1. The van der Waals surface area contributed by atoms with Crippen LogP contribution in [0.5, 0.6) is 0 Å². The number of carbonyl (C=O) groups is 2. The first-order valence-electron chi connectivity index (χ1n) is 11.0. The molecule has 0 radical (unpaired) electrons. The molecule has 1 aliphatic rings. The smallest absolute Gasteiger partial charge is 0.341 e. The minimum absolute atomic E-state index is 0.148. The predicted octanol–water partition coefficient (Wildman–Crippen LogP) is 5.66. The van der Waals surface area contributed by atoms with E-state index in [2.05, 4.69) is 53.2 Å². The van der Waals surface area contributed by atoms with Crippen molar-refractivity contribution in [2.45, 2.75) is 64.6 Å². The summed E-state index contributed by atoms with van der Waals surface area (Å²) < 4.78 is 7.08. The summed E-state index contributed by atoms with van der Waals surface area (Å²) in [6.45, 7) is 8.37. The van der Waals surface area contributed by atoms with E-state index < -0.39 is 0 Å². The normalized spacial score (nSPS) is 13.3. The molecule has 4 rings (SSSR count). The average Bonchev–Trinajstić information content (AvgIpc) is 3.47. The van der Waals surface area contributed by atoms with Gasteiger partial charge in [0.2, 0.25) is 5.91 Å². The van der Waals surface area contributed by atoms with E-state index >= 15 is 0 Å². The molecule has 176 valence electrons. The van der Waals surface area contributed by atoms with E-state index in [4.69, 9.17) is 4.74 Å². The number of thioether (sulfide) groups is 1. The van der Waals surface area contributed by atoms with Crippen molar-refractivity contribution in [3.63, 3.8) is 0 Å². The summed E-state index contributed by atoms with van der Waals surface area (Å²) in [4.78, 5) is 27.7. The Kier molecular flexibility index (Phi) is 7.25.